The summed E-state index contributed by atoms with van der Waals surface area (Å²) in [5, 5.41) is 13.3. The highest BCUT2D eigenvalue weighted by Crippen LogP contribution is 2.38. The minimum Gasteiger partial charge on any atom is -0.493 e. The fourth-order valence-electron chi connectivity index (χ4n) is 3.21. The maximum absolute atomic E-state index is 12.7. The fourth-order valence-corrected chi connectivity index (χ4v) is 4.10. The van der Waals surface area contributed by atoms with E-state index in [4.69, 9.17) is 32.7 Å². The van der Waals surface area contributed by atoms with E-state index in [1.165, 1.54) is 13.2 Å². The molecule has 0 heterocycles. The Hall–Kier alpha value is -2.98. The van der Waals surface area contributed by atoms with Gasteiger partial charge in [-0.1, -0.05) is 47.0 Å². The molecule has 0 aromatic heterocycles. The second-order valence-corrected chi connectivity index (χ2v) is 9.18. The highest BCUT2D eigenvalue weighted by molar-refractivity contribution is 9.10. The molecule has 0 fully saturated rings. The van der Waals surface area contributed by atoms with Crippen LogP contribution >= 0.6 is 39.1 Å². The van der Waals surface area contributed by atoms with Crippen molar-refractivity contribution in [3.8, 4) is 17.6 Å². The minimum atomic E-state index is -0.496. The number of ether oxygens (including phenoxy) is 2. The average molecular weight is 560 g/mol. The lowest BCUT2D eigenvalue weighted by Crippen LogP contribution is -2.14. The lowest BCUT2D eigenvalue weighted by atomic mass is 10.1. The standard InChI is InChI=1S/C26H21BrCl2N2O3/c1-15-4-7-23(16(2)8-15)31-26(32)19(13-30)9-18-10-20(27)25(24(12-18)33-3)34-14-17-5-6-21(28)22(29)11-17/h4-12H,14H2,1-3H3,(H,31,32)/b19-9+. The summed E-state index contributed by atoms with van der Waals surface area (Å²) in [4.78, 5) is 12.7. The predicted octanol–water partition coefficient (Wildman–Crippen LogP) is 7.51. The Morgan fingerprint density at radius 2 is 1.88 bits per heavy atom. The van der Waals surface area contributed by atoms with E-state index in [0.29, 0.717) is 37.3 Å². The van der Waals surface area contributed by atoms with Crippen molar-refractivity contribution < 1.29 is 14.3 Å². The van der Waals surface area contributed by atoms with Crippen LogP contribution in [0.2, 0.25) is 10.0 Å². The Bertz CT molecular complexity index is 1320. The topological polar surface area (TPSA) is 71.3 Å². The molecule has 3 rings (SSSR count). The molecule has 34 heavy (non-hydrogen) atoms. The normalized spacial score (nSPS) is 11.0. The van der Waals surface area contributed by atoms with E-state index in [2.05, 4.69) is 21.2 Å². The molecule has 0 atom stereocenters. The Balaban J connectivity index is 1.83. The number of methoxy groups -OCH3 is 1. The number of benzene rings is 3. The summed E-state index contributed by atoms with van der Waals surface area (Å²) in [6.07, 6.45) is 1.49. The molecule has 0 aliphatic rings. The van der Waals surface area contributed by atoms with Crippen LogP contribution in [0.3, 0.4) is 0 Å². The number of carbonyl (C=O) groups excluding carboxylic acids is 1. The van der Waals surface area contributed by atoms with Gasteiger partial charge in [-0.25, -0.2) is 0 Å². The van der Waals surface area contributed by atoms with Gasteiger partial charge in [0.2, 0.25) is 0 Å². The van der Waals surface area contributed by atoms with Crippen LogP contribution in [0, 0.1) is 25.2 Å². The predicted molar refractivity (Wildman–Crippen MR) is 140 cm³/mol. The molecule has 0 aliphatic heterocycles. The van der Waals surface area contributed by atoms with E-state index in [9.17, 15) is 10.1 Å². The first-order valence-corrected chi connectivity index (χ1v) is 11.7. The number of nitrogens with zero attached hydrogens (tertiary/aromatic N) is 1. The van der Waals surface area contributed by atoms with Crippen LogP contribution in [0.1, 0.15) is 22.3 Å². The van der Waals surface area contributed by atoms with Crippen molar-refractivity contribution in [2.45, 2.75) is 20.5 Å². The third-order valence-corrected chi connectivity index (χ3v) is 6.25. The highest BCUT2D eigenvalue weighted by Gasteiger charge is 2.15. The SMILES string of the molecule is COc1cc(/C=C(\C#N)C(=O)Nc2ccc(C)cc2C)cc(Br)c1OCc1ccc(Cl)c(Cl)c1. The van der Waals surface area contributed by atoms with Crippen LogP contribution in [0.15, 0.2) is 58.6 Å². The van der Waals surface area contributed by atoms with Gasteiger partial charge in [0.1, 0.15) is 18.2 Å². The Morgan fingerprint density at radius 3 is 2.53 bits per heavy atom. The van der Waals surface area contributed by atoms with Gasteiger partial charge in [-0.2, -0.15) is 5.26 Å². The van der Waals surface area contributed by atoms with Crippen molar-refractivity contribution in [2.24, 2.45) is 0 Å². The molecule has 3 aromatic carbocycles. The molecule has 1 amide bonds. The van der Waals surface area contributed by atoms with E-state index < -0.39 is 5.91 Å². The zero-order chi connectivity index (χ0) is 24.8. The fraction of sp³-hybridized carbons (Fsp3) is 0.154. The molecule has 0 saturated heterocycles. The molecule has 8 heteroatoms. The number of anilines is 1. The van der Waals surface area contributed by atoms with E-state index in [1.54, 1.807) is 24.3 Å². The quantitative estimate of drug-likeness (QED) is 0.240. The first kappa shape index (κ1) is 25.6. The molecule has 0 radical (unpaired) electrons. The zero-order valence-corrected chi connectivity index (χ0v) is 21.8. The number of rotatable bonds is 7. The van der Waals surface area contributed by atoms with Gasteiger partial charge in [-0.05, 0) is 82.9 Å². The first-order valence-electron chi connectivity index (χ1n) is 10.2. The number of hydrogen-bond donors (Lipinski definition) is 1. The summed E-state index contributed by atoms with van der Waals surface area (Å²) in [6, 6.07) is 16.3. The van der Waals surface area contributed by atoms with Crippen LogP contribution in [0.25, 0.3) is 6.08 Å². The molecule has 5 nitrogen and oxygen atoms in total. The summed E-state index contributed by atoms with van der Waals surface area (Å²) in [5.74, 6) is 0.418. The largest absolute Gasteiger partial charge is 0.493 e. The first-order chi connectivity index (χ1) is 16.2. The van der Waals surface area contributed by atoms with Crippen molar-refractivity contribution in [3.05, 3.63) is 90.9 Å². The number of carbonyl (C=O) groups is 1. The van der Waals surface area contributed by atoms with Gasteiger partial charge in [0.25, 0.3) is 5.91 Å². The maximum Gasteiger partial charge on any atom is 0.266 e. The molecule has 3 aromatic rings. The summed E-state index contributed by atoms with van der Waals surface area (Å²) >= 11 is 15.5. The third-order valence-electron chi connectivity index (χ3n) is 4.93. The molecule has 0 spiro atoms. The number of aryl methyl sites for hydroxylation is 2. The number of nitrogens with one attached hydrogen (secondary N) is 1. The third kappa shape index (κ3) is 6.32. The van der Waals surface area contributed by atoms with Crippen molar-refractivity contribution in [3.63, 3.8) is 0 Å². The van der Waals surface area contributed by atoms with Gasteiger partial charge in [0.15, 0.2) is 11.5 Å². The van der Waals surface area contributed by atoms with E-state index in [-0.39, 0.29) is 12.2 Å². The molecule has 1 N–H and O–H groups in total. The number of nitriles is 1. The number of halogens is 3. The maximum atomic E-state index is 12.7. The van der Waals surface area contributed by atoms with Gasteiger partial charge in [0.05, 0.1) is 21.6 Å². The highest BCUT2D eigenvalue weighted by atomic mass is 79.9. The van der Waals surface area contributed by atoms with Crippen molar-refractivity contribution >= 4 is 56.8 Å². The minimum absolute atomic E-state index is 0.0431. The van der Waals surface area contributed by atoms with Gasteiger partial charge in [-0.3, -0.25) is 4.79 Å². The zero-order valence-electron chi connectivity index (χ0n) is 18.7. The molecule has 0 aliphatic carbocycles. The lowest BCUT2D eigenvalue weighted by Gasteiger charge is -2.14. The van der Waals surface area contributed by atoms with Crippen LogP contribution in [-0.4, -0.2) is 13.0 Å². The van der Waals surface area contributed by atoms with E-state index >= 15 is 0 Å². The smallest absolute Gasteiger partial charge is 0.266 e. The molecule has 0 saturated carbocycles. The van der Waals surface area contributed by atoms with Gasteiger partial charge >= 0.3 is 0 Å². The van der Waals surface area contributed by atoms with Crippen LogP contribution in [0.4, 0.5) is 5.69 Å². The van der Waals surface area contributed by atoms with Crippen LogP contribution in [-0.2, 0) is 11.4 Å². The molecule has 174 valence electrons. The number of hydrogen-bond acceptors (Lipinski definition) is 4. The molecule has 0 unspecified atom stereocenters. The summed E-state index contributed by atoms with van der Waals surface area (Å²) in [7, 11) is 1.51. The van der Waals surface area contributed by atoms with Crippen molar-refractivity contribution in [2.75, 3.05) is 12.4 Å². The lowest BCUT2D eigenvalue weighted by molar-refractivity contribution is -0.112. The second-order valence-electron chi connectivity index (χ2n) is 7.51. The average Bonchev–Trinajstić information content (AvgIpc) is 2.80. The number of amides is 1. The monoisotopic (exact) mass is 558 g/mol. The molecular formula is C26H21BrCl2N2O3. The second kappa shape index (κ2) is 11.4. The van der Waals surface area contributed by atoms with Crippen molar-refractivity contribution in [1.29, 1.82) is 5.26 Å². The Kier molecular flexibility index (Phi) is 8.62. The van der Waals surface area contributed by atoms with Gasteiger partial charge in [-0.15, -0.1) is 0 Å². The Labute approximate surface area is 217 Å². The molecular weight excluding hydrogens is 539 g/mol. The summed E-state index contributed by atoms with van der Waals surface area (Å²) in [6.45, 7) is 4.11. The summed E-state index contributed by atoms with van der Waals surface area (Å²) < 4.78 is 12.0. The summed E-state index contributed by atoms with van der Waals surface area (Å²) in [5.41, 5.74) is 4.04. The van der Waals surface area contributed by atoms with E-state index in [1.807, 2.05) is 44.2 Å². The Morgan fingerprint density at radius 1 is 1.12 bits per heavy atom. The van der Waals surface area contributed by atoms with Gasteiger partial charge in [0, 0.05) is 5.69 Å². The molecule has 0 bridgehead atoms. The van der Waals surface area contributed by atoms with Crippen LogP contribution < -0.4 is 14.8 Å². The van der Waals surface area contributed by atoms with E-state index in [0.717, 1.165) is 16.7 Å². The van der Waals surface area contributed by atoms with Gasteiger partial charge < -0.3 is 14.8 Å². The van der Waals surface area contributed by atoms with Crippen molar-refractivity contribution in [1.82, 2.24) is 0 Å². The van der Waals surface area contributed by atoms with Crippen LogP contribution in [0.5, 0.6) is 11.5 Å².